The van der Waals surface area contributed by atoms with Crippen molar-refractivity contribution in [3.63, 3.8) is 0 Å². The Bertz CT molecular complexity index is 2070. The number of alkyl carbamates (subject to hydrolysis) is 1. The number of piperidine rings is 1. The minimum absolute atomic E-state index is 0.0355. The van der Waals surface area contributed by atoms with Crippen molar-refractivity contribution in [1.82, 2.24) is 24.0 Å². The average molecular weight is 637 g/mol. The number of hydrogen-bond donors (Lipinski definition) is 1. The summed E-state index contributed by atoms with van der Waals surface area (Å²) in [5.41, 5.74) is 3.02. The number of para-hydroxylation sites is 3. The molecular weight excluding hydrogens is 596 g/mol. The summed E-state index contributed by atoms with van der Waals surface area (Å²) in [7, 11) is 3.61. The number of amides is 1. The Morgan fingerprint density at radius 1 is 1.04 bits per heavy atom. The monoisotopic (exact) mass is 636 g/mol. The van der Waals surface area contributed by atoms with Crippen molar-refractivity contribution in [3.05, 3.63) is 74.9 Å². The fraction of sp³-hybridized carbons (Fsp3) is 0.400. The van der Waals surface area contributed by atoms with Crippen LogP contribution in [0.5, 0.6) is 0 Å². The van der Waals surface area contributed by atoms with E-state index >= 15 is 0 Å². The zero-order chi connectivity index (χ0) is 33.5. The largest absolute Gasteiger partial charge is 0.444 e. The molecule has 47 heavy (non-hydrogen) atoms. The van der Waals surface area contributed by atoms with Gasteiger partial charge in [0.25, 0.3) is 5.56 Å². The molecule has 1 N–H and O–H groups in total. The van der Waals surface area contributed by atoms with E-state index in [1.54, 1.807) is 18.5 Å². The molecule has 1 unspecified atom stereocenters. The van der Waals surface area contributed by atoms with E-state index in [2.05, 4.69) is 22.1 Å². The first-order chi connectivity index (χ1) is 22.5. The third-order valence-electron chi connectivity index (χ3n) is 8.43. The van der Waals surface area contributed by atoms with Crippen molar-refractivity contribution in [2.75, 3.05) is 29.9 Å². The highest BCUT2D eigenvalue weighted by atomic mass is 16.6. The van der Waals surface area contributed by atoms with Crippen molar-refractivity contribution < 1.29 is 9.53 Å². The van der Waals surface area contributed by atoms with Gasteiger partial charge in [-0.1, -0.05) is 36.3 Å². The Labute approximate surface area is 273 Å². The highest BCUT2D eigenvalue weighted by Crippen LogP contribution is 2.38. The van der Waals surface area contributed by atoms with Crippen LogP contribution in [-0.2, 0) is 24.9 Å². The Kier molecular flexibility index (Phi) is 8.40. The molecular formula is C35H40N8O4. The van der Waals surface area contributed by atoms with Gasteiger partial charge in [-0.25, -0.2) is 14.6 Å². The Morgan fingerprint density at radius 2 is 1.77 bits per heavy atom. The number of aliphatic imine (C=N–C) groups is 1. The molecule has 2 aromatic heterocycles. The van der Waals surface area contributed by atoms with E-state index in [-0.39, 0.29) is 30.3 Å². The van der Waals surface area contributed by atoms with Crippen LogP contribution >= 0.6 is 0 Å². The number of aryl methyl sites for hydroxylation is 1. The van der Waals surface area contributed by atoms with Crippen LogP contribution in [0.2, 0.25) is 0 Å². The minimum Gasteiger partial charge on any atom is -0.444 e. The number of carbonyl (C=O) groups is 1. The predicted octanol–water partition coefficient (Wildman–Crippen LogP) is 4.32. The van der Waals surface area contributed by atoms with Crippen LogP contribution in [0.25, 0.3) is 11.2 Å². The van der Waals surface area contributed by atoms with Gasteiger partial charge in [-0.3, -0.25) is 18.5 Å². The van der Waals surface area contributed by atoms with Gasteiger partial charge in [0, 0.05) is 38.8 Å². The predicted molar refractivity (Wildman–Crippen MR) is 184 cm³/mol. The smallest absolute Gasteiger partial charge is 0.407 e. The van der Waals surface area contributed by atoms with Gasteiger partial charge in [0.1, 0.15) is 5.60 Å². The van der Waals surface area contributed by atoms with Crippen LogP contribution in [-0.4, -0.2) is 62.3 Å². The molecule has 0 aliphatic carbocycles. The summed E-state index contributed by atoms with van der Waals surface area (Å²) < 4.78 is 9.91. The van der Waals surface area contributed by atoms with Gasteiger partial charge in [0.05, 0.1) is 35.9 Å². The molecule has 2 aromatic carbocycles. The van der Waals surface area contributed by atoms with Crippen LogP contribution in [0.1, 0.15) is 46.1 Å². The molecule has 6 rings (SSSR count). The molecule has 244 valence electrons. The van der Waals surface area contributed by atoms with E-state index in [1.165, 1.54) is 9.13 Å². The quantitative estimate of drug-likeness (QED) is 0.324. The Hall–Kier alpha value is -5.31. The zero-order valence-corrected chi connectivity index (χ0v) is 27.7. The highest BCUT2D eigenvalue weighted by Gasteiger charge is 2.30. The first kappa shape index (κ1) is 31.7. The first-order valence-corrected chi connectivity index (χ1v) is 15.8. The number of rotatable bonds is 5. The summed E-state index contributed by atoms with van der Waals surface area (Å²) in [6, 6.07) is 15.5. The van der Waals surface area contributed by atoms with Crippen molar-refractivity contribution in [2.45, 2.75) is 65.3 Å². The third kappa shape index (κ3) is 6.13. The molecule has 2 aliphatic rings. The number of ether oxygens (including phenoxy) is 1. The second-order valence-electron chi connectivity index (χ2n) is 12.9. The Morgan fingerprint density at radius 3 is 2.51 bits per heavy atom. The fourth-order valence-corrected chi connectivity index (χ4v) is 6.26. The summed E-state index contributed by atoms with van der Waals surface area (Å²) in [5, 5.41) is 2.98. The molecule has 12 nitrogen and oxygen atoms in total. The maximum atomic E-state index is 14.4. The van der Waals surface area contributed by atoms with E-state index in [9.17, 15) is 14.4 Å². The van der Waals surface area contributed by atoms with Crippen LogP contribution in [0.3, 0.4) is 0 Å². The molecule has 1 saturated heterocycles. The molecule has 1 fully saturated rings. The molecule has 1 amide bonds. The van der Waals surface area contributed by atoms with Crippen LogP contribution in [0, 0.1) is 11.8 Å². The molecule has 0 bridgehead atoms. The molecule has 4 heterocycles. The van der Waals surface area contributed by atoms with E-state index in [1.807, 2.05) is 81.2 Å². The second-order valence-corrected chi connectivity index (χ2v) is 12.9. The summed E-state index contributed by atoms with van der Waals surface area (Å²) in [4.78, 5) is 54.8. The van der Waals surface area contributed by atoms with Gasteiger partial charge in [-0.15, -0.1) is 5.92 Å². The van der Waals surface area contributed by atoms with E-state index in [0.29, 0.717) is 24.7 Å². The number of fused-ring (bicyclic) bond motifs is 3. The number of anilines is 3. The number of aromatic nitrogens is 4. The van der Waals surface area contributed by atoms with Crippen molar-refractivity contribution in [3.8, 4) is 11.8 Å². The van der Waals surface area contributed by atoms with E-state index in [0.717, 1.165) is 35.5 Å². The average Bonchev–Trinajstić information content (AvgIpc) is 3.38. The van der Waals surface area contributed by atoms with Crippen LogP contribution in [0.15, 0.2) is 63.1 Å². The van der Waals surface area contributed by atoms with Gasteiger partial charge in [-0.05, 0) is 58.7 Å². The molecule has 0 spiro atoms. The molecule has 0 saturated carbocycles. The topological polar surface area (TPSA) is 119 Å². The third-order valence-corrected chi connectivity index (χ3v) is 8.43. The van der Waals surface area contributed by atoms with Gasteiger partial charge >= 0.3 is 11.8 Å². The van der Waals surface area contributed by atoms with Crippen LogP contribution < -0.4 is 26.4 Å². The highest BCUT2D eigenvalue weighted by molar-refractivity contribution is 6.09. The van der Waals surface area contributed by atoms with Gasteiger partial charge in [0.2, 0.25) is 5.95 Å². The molecule has 4 aromatic rings. The normalized spacial score (nSPS) is 16.0. The summed E-state index contributed by atoms with van der Waals surface area (Å²) in [6.07, 6.45) is 1.09. The lowest BCUT2D eigenvalue weighted by molar-refractivity contribution is 0.0499. The fourth-order valence-electron chi connectivity index (χ4n) is 6.26. The summed E-state index contributed by atoms with van der Waals surface area (Å²) in [5.74, 6) is 6.53. The van der Waals surface area contributed by atoms with Gasteiger partial charge in [0.15, 0.2) is 11.2 Å². The van der Waals surface area contributed by atoms with Gasteiger partial charge < -0.3 is 19.9 Å². The Balaban J connectivity index is 1.44. The van der Waals surface area contributed by atoms with Crippen molar-refractivity contribution >= 4 is 46.0 Å². The number of benzene rings is 2. The number of imidazole rings is 1. The lowest BCUT2D eigenvalue weighted by atomic mass is 10.1. The number of nitrogens with one attached hydrogen (secondary N) is 1. The lowest BCUT2D eigenvalue weighted by Crippen LogP contribution is -2.49. The maximum absolute atomic E-state index is 14.4. The van der Waals surface area contributed by atoms with Crippen molar-refractivity contribution in [2.24, 2.45) is 12.0 Å². The number of hydrogen-bond acceptors (Lipinski definition) is 8. The SMILES string of the molecule is CC#CCn1c(N2CCCC(NC(=O)OC(C)(C)C)C2)nc2c1c(=O)n(CC1=Nc3ccccc3N(C)c3ccccc31)c(=O)n2C. The zero-order valence-electron chi connectivity index (χ0n) is 27.7. The molecule has 0 radical (unpaired) electrons. The number of nitrogens with zero attached hydrogens (tertiary/aromatic N) is 7. The van der Waals surface area contributed by atoms with Crippen LogP contribution in [0.4, 0.5) is 27.8 Å². The van der Waals surface area contributed by atoms with Crippen molar-refractivity contribution in [1.29, 1.82) is 0 Å². The van der Waals surface area contributed by atoms with E-state index in [4.69, 9.17) is 14.7 Å². The molecule has 12 heteroatoms. The number of carbonyl (C=O) groups excluding carboxylic acids is 1. The first-order valence-electron chi connectivity index (χ1n) is 15.8. The van der Waals surface area contributed by atoms with Gasteiger partial charge in [-0.2, -0.15) is 4.98 Å². The summed E-state index contributed by atoms with van der Waals surface area (Å²) >= 11 is 0. The van der Waals surface area contributed by atoms with E-state index < -0.39 is 22.9 Å². The standard InChI is InChI=1S/C35H40N8O4/c1-7-8-20-42-29-30(38-32(42)41-19-13-14-23(21-41)36-33(45)47-35(2,3)4)40(6)34(46)43(31(29)44)22-26-24-15-9-11-17-27(24)39(5)28-18-12-10-16-25(28)37-26/h9-12,15-18,23H,13-14,19-22H2,1-6H3,(H,36,45). The minimum atomic E-state index is -0.611. The summed E-state index contributed by atoms with van der Waals surface area (Å²) in [6.45, 7) is 8.52. The maximum Gasteiger partial charge on any atom is 0.407 e. The second kappa shape index (κ2) is 12.5. The molecule has 2 aliphatic heterocycles. The molecule has 1 atom stereocenters. The lowest BCUT2D eigenvalue weighted by Gasteiger charge is -2.34.